The van der Waals surface area contributed by atoms with Gasteiger partial charge in [-0.25, -0.2) is 8.78 Å². The Labute approximate surface area is 163 Å². The lowest BCUT2D eigenvalue weighted by atomic mass is 10.0. The summed E-state index contributed by atoms with van der Waals surface area (Å²) in [4.78, 5) is 28.6. The number of aliphatic hydroxyl groups is 1. The highest BCUT2D eigenvalue weighted by atomic mass is 19.2. The molecule has 0 spiro atoms. The molecule has 8 heteroatoms. The van der Waals surface area contributed by atoms with Gasteiger partial charge in [-0.05, 0) is 37.0 Å². The van der Waals surface area contributed by atoms with Crippen LogP contribution in [0, 0.1) is 11.6 Å². The van der Waals surface area contributed by atoms with Crippen LogP contribution in [0.5, 0.6) is 0 Å². The van der Waals surface area contributed by atoms with Crippen molar-refractivity contribution in [3.05, 3.63) is 35.4 Å². The largest absolute Gasteiger partial charge is 0.393 e. The Morgan fingerprint density at radius 1 is 1.11 bits per heavy atom. The van der Waals surface area contributed by atoms with Gasteiger partial charge in [0.25, 0.3) is 0 Å². The second kappa shape index (κ2) is 9.43. The molecule has 3 rings (SSSR count). The van der Waals surface area contributed by atoms with E-state index in [0.29, 0.717) is 57.7 Å². The van der Waals surface area contributed by atoms with Crippen LogP contribution >= 0.6 is 0 Å². The lowest BCUT2D eigenvalue weighted by molar-refractivity contribution is -0.144. The first-order chi connectivity index (χ1) is 13.4. The van der Waals surface area contributed by atoms with Crippen molar-refractivity contribution in [2.24, 2.45) is 0 Å². The van der Waals surface area contributed by atoms with Crippen molar-refractivity contribution < 1.29 is 28.2 Å². The molecule has 2 aliphatic heterocycles. The number of amides is 2. The number of aliphatic hydroxyl groups excluding tert-OH is 1. The van der Waals surface area contributed by atoms with E-state index in [1.165, 1.54) is 6.07 Å². The summed E-state index contributed by atoms with van der Waals surface area (Å²) in [5.41, 5.74) is 0.556. The van der Waals surface area contributed by atoms with E-state index in [-0.39, 0.29) is 36.8 Å². The van der Waals surface area contributed by atoms with E-state index in [1.807, 2.05) is 0 Å². The Morgan fingerprint density at radius 2 is 1.86 bits per heavy atom. The van der Waals surface area contributed by atoms with Crippen molar-refractivity contribution in [2.45, 2.75) is 44.2 Å². The Balaban J connectivity index is 1.55. The van der Waals surface area contributed by atoms with Crippen LogP contribution in [0.15, 0.2) is 18.2 Å². The van der Waals surface area contributed by atoms with E-state index < -0.39 is 11.6 Å². The molecule has 1 aromatic carbocycles. The van der Waals surface area contributed by atoms with Crippen LogP contribution in [0.3, 0.4) is 0 Å². The summed E-state index contributed by atoms with van der Waals surface area (Å²) in [6.45, 7) is 2.18. The summed E-state index contributed by atoms with van der Waals surface area (Å²) in [6.07, 6.45) is 1.45. The predicted molar refractivity (Wildman–Crippen MR) is 97.4 cm³/mol. The molecule has 1 atom stereocenters. The first-order valence-corrected chi connectivity index (χ1v) is 9.71. The first kappa shape index (κ1) is 20.7. The first-order valence-electron chi connectivity index (χ1n) is 9.71. The second-order valence-electron chi connectivity index (χ2n) is 7.38. The highest BCUT2D eigenvalue weighted by Gasteiger charge is 2.31. The van der Waals surface area contributed by atoms with E-state index in [0.717, 1.165) is 12.1 Å². The van der Waals surface area contributed by atoms with Gasteiger partial charge in [-0.2, -0.15) is 0 Å². The minimum atomic E-state index is -0.925. The molecule has 2 saturated heterocycles. The van der Waals surface area contributed by atoms with Crippen molar-refractivity contribution in [2.75, 3.05) is 32.8 Å². The van der Waals surface area contributed by atoms with Crippen molar-refractivity contribution in [1.29, 1.82) is 0 Å². The van der Waals surface area contributed by atoms with Gasteiger partial charge in [-0.3, -0.25) is 9.59 Å². The lowest BCUT2D eigenvalue weighted by Gasteiger charge is -2.37. The number of benzene rings is 1. The number of halogens is 2. The maximum Gasteiger partial charge on any atom is 0.224 e. The van der Waals surface area contributed by atoms with Crippen LogP contribution in [0.2, 0.25) is 0 Å². The molecule has 0 unspecified atom stereocenters. The average Bonchev–Trinajstić information content (AvgIpc) is 2.69. The Kier molecular flexibility index (Phi) is 6.96. The third-order valence-electron chi connectivity index (χ3n) is 5.39. The van der Waals surface area contributed by atoms with Crippen molar-refractivity contribution in [1.82, 2.24) is 9.80 Å². The molecule has 154 valence electrons. The van der Waals surface area contributed by atoms with Gasteiger partial charge in [-0.1, -0.05) is 6.07 Å². The number of carbonyl (C=O) groups excluding carboxylic acids is 2. The third kappa shape index (κ3) is 5.26. The Morgan fingerprint density at radius 3 is 2.57 bits per heavy atom. The molecule has 0 saturated carbocycles. The monoisotopic (exact) mass is 396 g/mol. The highest BCUT2D eigenvalue weighted by molar-refractivity contribution is 5.80. The molecule has 1 aromatic rings. The number of likely N-dealkylation sites (tertiary alicyclic amines) is 1. The van der Waals surface area contributed by atoms with Gasteiger partial charge < -0.3 is 19.6 Å². The molecular weight excluding hydrogens is 370 g/mol. The zero-order valence-corrected chi connectivity index (χ0v) is 15.8. The SMILES string of the molecule is O=C(C[C@H]1COCCN1C(=O)CCc1ccc(F)c(F)c1)N1CCC(O)CC1. The lowest BCUT2D eigenvalue weighted by Crippen LogP contribution is -2.51. The molecule has 2 heterocycles. The molecule has 28 heavy (non-hydrogen) atoms. The van der Waals surface area contributed by atoms with Crippen molar-refractivity contribution >= 4 is 11.8 Å². The molecule has 6 nitrogen and oxygen atoms in total. The topological polar surface area (TPSA) is 70.1 Å². The summed E-state index contributed by atoms with van der Waals surface area (Å²) < 4.78 is 31.8. The van der Waals surface area contributed by atoms with Crippen LogP contribution in [0.1, 0.15) is 31.2 Å². The number of rotatable bonds is 5. The number of ether oxygens (including phenoxy) is 1. The molecule has 0 bridgehead atoms. The van der Waals surface area contributed by atoms with Gasteiger partial charge in [0.1, 0.15) is 0 Å². The van der Waals surface area contributed by atoms with E-state index >= 15 is 0 Å². The second-order valence-corrected chi connectivity index (χ2v) is 7.38. The van der Waals surface area contributed by atoms with Crippen LogP contribution in [-0.2, 0) is 20.7 Å². The van der Waals surface area contributed by atoms with Gasteiger partial charge in [-0.15, -0.1) is 0 Å². The smallest absolute Gasteiger partial charge is 0.224 e. The van der Waals surface area contributed by atoms with Crippen molar-refractivity contribution in [3.8, 4) is 0 Å². The summed E-state index contributed by atoms with van der Waals surface area (Å²) in [5, 5.41) is 9.58. The summed E-state index contributed by atoms with van der Waals surface area (Å²) in [6, 6.07) is 3.30. The van der Waals surface area contributed by atoms with Gasteiger partial charge in [0, 0.05) is 32.5 Å². The number of hydrogen-bond acceptors (Lipinski definition) is 4. The van der Waals surface area contributed by atoms with Crippen LogP contribution in [-0.4, -0.2) is 71.7 Å². The normalized spacial score (nSPS) is 21.0. The van der Waals surface area contributed by atoms with E-state index in [4.69, 9.17) is 4.74 Å². The van der Waals surface area contributed by atoms with Gasteiger partial charge >= 0.3 is 0 Å². The molecule has 0 aliphatic carbocycles. The Bertz CT molecular complexity index is 707. The van der Waals surface area contributed by atoms with Crippen LogP contribution in [0.4, 0.5) is 8.78 Å². The molecule has 0 aromatic heterocycles. The van der Waals surface area contributed by atoms with E-state index in [1.54, 1.807) is 9.80 Å². The zero-order valence-electron chi connectivity index (χ0n) is 15.8. The average molecular weight is 396 g/mol. The fraction of sp³-hybridized carbons (Fsp3) is 0.600. The van der Waals surface area contributed by atoms with Gasteiger partial charge in [0.05, 0.1) is 25.4 Å². The summed E-state index contributed by atoms with van der Waals surface area (Å²) in [7, 11) is 0. The molecule has 0 radical (unpaired) electrons. The third-order valence-corrected chi connectivity index (χ3v) is 5.39. The zero-order chi connectivity index (χ0) is 20.1. The number of morpholine rings is 1. The van der Waals surface area contributed by atoms with Crippen molar-refractivity contribution in [3.63, 3.8) is 0 Å². The maximum absolute atomic E-state index is 13.3. The van der Waals surface area contributed by atoms with Gasteiger partial charge in [0.15, 0.2) is 11.6 Å². The number of aryl methyl sites for hydroxylation is 1. The minimum Gasteiger partial charge on any atom is -0.393 e. The van der Waals surface area contributed by atoms with E-state index in [2.05, 4.69) is 0 Å². The maximum atomic E-state index is 13.3. The number of hydrogen-bond donors (Lipinski definition) is 1. The quantitative estimate of drug-likeness (QED) is 0.819. The predicted octanol–water partition coefficient (Wildman–Crippen LogP) is 1.50. The highest BCUT2D eigenvalue weighted by Crippen LogP contribution is 2.18. The van der Waals surface area contributed by atoms with Gasteiger partial charge in [0.2, 0.25) is 11.8 Å². The fourth-order valence-electron chi connectivity index (χ4n) is 3.69. The fourth-order valence-corrected chi connectivity index (χ4v) is 3.69. The summed E-state index contributed by atoms with van der Waals surface area (Å²) >= 11 is 0. The van der Waals surface area contributed by atoms with Crippen LogP contribution in [0.25, 0.3) is 0 Å². The molecule has 1 N–H and O–H groups in total. The summed E-state index contributed by atoms with van der Waals surface area (Å²) in [5.74, 6) is -2.00. The number of piperidine rings is 1. The Hall–Kier alpha value is -2.06. The molecule has 2 aliphatic rings. The number of carbonyl (C=O) groups is 2. The van der Waals surface area contributed by atoms with Crippen LogP contribution < -0.4 is 0 Å². The molecule has 2 amide bonds. The number of nitrogens with zero attached hydrogens (tertiary/aromatic N) is 2. The molecule has 2 fully saturated rings. The standard InChI is InChI=1S/C20H26F2N2O4/c21-17-3-1-14(11-18(17)22)2-4-19(26)24-9-10-28-13-15(24)12-20(27)23-7-5-16(25)6-8-23/h1,3,11,15-16,25H,2,4-10,12-13H2/t15-/m0/s1. The minimum absolute atomic E-state index is 0.0409. The molecular formula is C20H26F2N2O4. The van der Waals surface area contributed by atoms with E-state index in [9.17, 15) is 23.5 Å².